The zero-order chi connectivity index (χ0) is 10.5. The zero-order valence-electron chi connectivity index (χ0n) is 8.66. The van der Waals surface area contributed by atoms with Gasteiger partial charge in [-0.25, -0.2) is 0 Å². The first-order chi connectivity index (χ1) is 7.34. The lowest BCUT2D eigenvalue weighted by atomic mass is 10.3. The molecule has 0 radical (unpaired) electrons. The first-order valence-electron chi connectivity index (χ1n) is 5.37. The summed E-state index contributed by atoms with van der Waals surface area (Å²) in [4.78, 5) is 11.3. The highest BCUT2D eigenvalue weighted by Gasteiger charge is 2.22. The molecule has 0 atom stereocenters. The van der Waals surface area contributed by atoms with Crippen LogP contribution >= 0.6 is 0 Å². The Kier molecular flexibility index (Phi) is 3.40. The van der Waals surface area contributed by atoms with E-state index in [1.807, 2.05) is 12.1 Å². The highest BCUT2D eigenvalue weighted by Crippen LogP contribution is 2.18. The van der Waals surface area contributed by atoms with Crippen molar-refractivity contribution in [3.8, 4) is 0 Å². The molecule has 15 heavy (non-hydrogen) atoms. The maximum atomic E-state index is 11.3. The average molecular weight is 208 g/mol. The monoisotopic (exact) mass is 208 g/mol. The number of hydrogen-bond donors (Lipinski definition) is 2. The molecule has 0 aliphatic heterocycles. The van der Waals surface area contributed by atoms with Crippen LogP contribution in [-0.2, 0) is 11.2 Å². The first kappa shape index (κ1) is 10.2. The molecule has 1 heterocycles. The number of nitrogens with one attached hydrogen (secondary N) is 2. The second-order valence-corrected chi connectivity index (χ2v) is 3.85. The highest BCUT2D eigenvalue weighted by atomic mass is 16.3. The van der Waals surface area contributed by atoms with Gasteiger partial charge in [0.15, 0.2) is 0 Å². The third-order valence-corrected chi connectivity index (χ3v) is 2.36. The first-order valence-corrected chi connectivity index (χ1v) is 5.37. The van der Waals surface area contributed by atoms with Gasteiger partial charge in [-0.05, 0) is 25.0 Å². The topological polar surface area (TPSA) is 54.3 Å². The van der Waals surface area contributed by atoms with Crippen molar-refractivity contribution in [1.29, 1.82) is 0 Å². The van der Waals surface area contributed by atoms with Crippen molar-refractivity contribution in [3.63, 3.8) is 0 Å². The van der Waals surface area contributed by atoms with Crippen LogP contribution in [0.15, 0.2) is 22.8 Å². The number of rotatable bonds is 6. The van der Waals surface area contributed by atoms with E-state index in [4.69, 9.17) is 4.42 Å². The number of furan rings is 1. The molecule has 1 aromatic rings. The van der Waals surface area contributed by atoms with E-state index in [2.05, 4.69) is 10.6 Å². The van der Waals surface area contributed by atoms with Crippen LogP contribution in [0.2, 0.25) is 0 Å². The van der Waals surface area contributed by atoms with Gasteiger partial charge in [0, 0.05) is 19.0 Å². The van der Waals surface area contributed by atoms with Gasteiger partial charge in [0.25, 0.3) is 0 Å². The van der Waals surface area contributed by atoms with Crippen LogP contribution in [0.3, 0.4) is 0 Å². The molecule has 2 rings (SSSR count). The fraction of sp³-hybridized carbons (Fsp3) is 0.545. The molecule has 0 unspecified atom stereocenters. The van der Waals surface area contributed by atoms with Gasteiger partial charge in [-0.15, -0.1) is 0 Å². The fourth-order valence-electron chi connectivity index (χ4n) is 1.37. The Balaban J connectivity index is 1.52. The van der Waals surface area contributed by atoms with Crippen molar-refractivity contribution in [1.82, 2.24) is 10.6 Å². The summed E-state index contributed by atoms with van der Waals surface area (Å²) in [7, 11) is 0. The molecule has 1 aliphatic rings. The molecule has 1 fully saturated rings. The second-order valence-electron chi connectivity index (χ2n) is 3.85. The number of carbonyl (C=O) groups is 1. The molecule has 4 heteroatoms. The molecule has 0 aromatic carbocycles. The zero-order valence-corrected chi connectivity index (χ0v) is 8.66. The van der Waals surface area contributed by atoms with Crippen LogP contribution in [0, 0.1) is 0 Å². The maximum absolute atomic E-state index is 11.3. The molecule has 4 nitrogen and oxygen atoms in total. The summed E-state index contributed by atoms with van der Waals surface area (Å²) in [6.07, 6.45) is 4.76. The minimum Gasteiger partial charge on any atom is -0.469 e. The Morgan fingerprint density at radius 3 is 3.07 bits per heavy atom. The predicted octanol–water partition coefficient (Wildman–Crippen LogP) is 0.690. The Morgan fingerprint density at radius 2 is 2.40 bits per heavy atom. The van der Waals surface area contributed by atoms with Gasteiger partial charge in [-0.2, -0.15) is 0 Å². The molecule has 1 aromatic heterocycles. The maximum Gasteiger partial charge on any atom is 0.234 e. The summed E-state index contributed by atoms with van der Waals surface area (Å²) in [5.74, 6) is 1.04. The van der Waals surface area contributed by atoms with Gasteiger partial charge in [0.2, 0.25) is 5.91 Å². The summed E-state index contributed by atoms with van der Waals surface area (Å²) in [6.45, 7) is 1.17. The summed E-state index contributed by atoms with van der Waals surface area (Å²) in [5, 5.41) is 6.01. The van der Waals surface area contributed by atoms with Crippen LogP contribution in [0.4, 0.5) is 0 Å². The van der Waals surface area contributed by atoms with Crippen molar-refractivity contribution in [2.24, 2.45) is 0 Å². The lowest BCUT2D eigenvalue weighted by molar-refractivity contribution is -0.120. The van der Waals surface area contributed by atoms with Gasteiger partial charge in [-0.1, -0.05) is 0 Å². The third kappa shape index (κ3) is 3.75. The van der Waals surface area contributed by atoms with Crippen LogP contribution in [0.1, 0.15) is 18.6 Å². The summed E-state index contributed by atoms with van der Waals surface area (Å²) in [6, 6.07) is 4.26. The van der Waals surface area contributed by atoms with Crippen molar-refractivity contribution in [3.05, 3.63) is 24.2 Å². The van der Waals surface area contributed by atoms with E-state index in [1.54, 1.807) is 6.26 Å². The van der Waals surface area contributed by atoms with Crippen molar-refractivity contribution in [2.75, 3.05) is 13.1 Å². The largest absolute Gasteiger partial charge is 0.469 e. The van der Waals surface area contributed by atoms with E-state index in [1.165, 1.54) is 0 Å². The molecule has 82 valence electrons. The number of hydrogen-bond acceptors (Lipinski definition) is 3. The normalized spacial score (nSPS) is 15.2. The second kappa shape index (κ2) is 4.98. The molecule has 1 amide bonds. The lowest BCUT2D eigenvalue weighted by Gasteiger charge is -2.04. The third-order valence-electron chi connectivity index (χ3n) is 2.36. The minimum atomic E-state index is 0.0944. The van der Waals surface area contributed by atoms with E-state index < -0.39 is 0 Å². The Labute approximate surface area is 89.0 Å². The van der Waals surface area contributed by atoms with Crippen LogP contribution in [-0.4, -0.2) is 25.0 Å². The van der Waals surface area contributed by atoms with Gasteiger partial charge in [-0.3, -0.25) is 4.79 Å². The summed E-state index contributed by atoms with van der Waals surface area (Å²) >= 11 is 0. The van der Waals surface area contributed by atoms with Gasteiger partial charge in [0.1, 0.15) is 5.76 Å². The van der Waals surface area contributed by atoms with Crippen LogP contribution < -0.4 is 10.6 Å². The molecule has 1 saturated carbocycles. The van der Waals surface area contributed by atoms with E-state index >= 15 is 0 Å². The van der Waals surface area contributed by atoms with Crippen LogP contribution in [0.25, 0.3) is 0 Å². The number of carbonyl (C=O) groups excluding carboxylic acids is 1. The SMILES string of the molecule is O=C(CNCCc1ccco1)NC1CC1. The van der Waals surface area contributed by atoms with Gasteiger partial charge < -0.3 is 15.1 Å². The minimum absolute atomic E-state index is 0.0944. The fourth-order valence-corrected chi connectivity index (χ4v) is 1.37. The van der Waals surface area contributed by atoms with E-state index in [0.29, 0.717) is 12.6 Å². The highest BCUT2D eigenvalue weighted by molar-refractivity contribution is 5.78. The smallest absolute Gasteiger partial charge is 0.234 e. The molecular weight excluding hydrogens is 192 g/mol. The van der Waals surface area contributed by atoms with E-state index in [0.717, 1.165) is 31.6 Å². The van der Waals surface area contributed by atoms with Gasteiger partial charge in [0.05, 0.1) is 12.8 Å². The molecule has 0 spiro atoms. The summed E-state index contributed by atoms with van der Waals surface area (Å²) < 4.78 is 5.17. The summed E-state index contributed by atoms with van der Waals surface area (Å²) in [5.41, 5.74) is 0. The van der Waals surface area contributed by atoms with E-state index in [-0.39, 0.29) is 5.91 Å². The quantitative estimate of drug-likeness (QED) is 0.676. The Hall–Kier alpha value is -1.29. The predicted molar refractivity (Wildman–Crippen MR) is 56.4 cm³/mol. The van der Waals surface area contributed by atoms with Crippen molar-refractivity contribution < 1.29 is 9.21 Å². The molecule has 1 aliphatic carbocycles. The van der Waals surface area contributed by atoms with Crippen LogP contribution in [0.5, 0.6) is 0 Å². The standard InChI is InChI=1S/C11H16N2O2/c14-11(13-9-3-4-9)8-12-6-5-10-2-1-7-15-10/h1-2,7,9,12H,3-6,8H2,(H,13,14). The van der Waals surface area contributed by atoms with Gasteiger partial charge >= 0.3 is 0 Å². The Bertz CT molecular complexity index is 304. The average Bonchev–Trinajstić information content (AvgIpc) is 2.87. The number of amides is 1. The van der Waals surface area contributed by atoms with Crippen molar-refractivity contribution >= 4 is 5.91 Å². The Morgan fingerprint density at radius 1 is 1.53 bits per heavy atom. The molecular formula is C11H16N2O2. The lowest BCUT2D eigenvalue weighted by Crippen LogP contribution is -2.35. The molecule has 0 bridgehead atoms. The van der Waals surface area contributed by atoms with E-state index in [9.17, 15) is 4.79 Å². The molecule has 2 N–H and O–H groups in total. The van der Waals surface area contributed by atoms with Crippen molar-refractivity contribution in [2.45, 2.75) is 25.3 Å². The molecule has 0 saturated heterocycles.